The highest BCUT2D eigenvalue weighted by molar-refractivity contribution is 14.1. The molecule has 2 N–H and O–H groups in total. The molecule has 0 amide bonds. The third kappa shape index (κ3) is 6.25. The molecule has 5 nitrogen and oxygen atoms in total. The quantitative estimate of drug-likeness (QED) is 0.253. The molecule has 0 saturated carbocycles. The smallest absolute Gasteiger partial charge is 0.458 e. The Hall–Kier alpha value is -2.07. The van der Waals surface area contributed by atoms with Gasteiger partial charge in [0.1, 0.15) is 0 Å². The molecule has 0 fully saturated rings. The van der Waals surface area contributed by atoms with Crippen LogP contribution in [0.2, 0.25) is 6.32 Å². The first kappa shape index (κ1) is 24.6. The van der Waals surface area contributed by atoms with E-state index in [9.17, 15) is 10.1 Å². The van der Waals surface area contributed by atoms with Crippen molar-refractivity contribution in [2.75, 3.05) is 20.8 Å². The van der Waals surface area contributed by atoms with Crippen molar-refractivity contribution in [3.05, 3.63) is 81.0 Å². The fraction of sp³-hybridized carbons (Fsp3) is 0.280. The fourth-order valence-electron chi connectivity index (χ4n) is 3.80. The van der Waals surface area contributed by atoms with Crippen LogP contribution in [0.15, 0.2) is 66.3 Å². The molecular weight excluding hydrogens is 518 g/mol. The van der Waals surface area contributed by atoms with Crippen molar-refractivity contribution in [1.82, 2.24) is 0 Å². The van der Waals surface area contributed by atoms with Gasteiger partial charge in [-0.05, 0) is 75.4 Å². The number of phenols is 1. The van der Waals surface area contributed by atoms with Crippen molar-refractivity contribution in [2.45, 2.75) is 25.3 Å². The molecule has 0 saturated heterocycles. The Morgan fingerprint density at radius 3 is 2.72 bits per heavy atom. The summed E-state index contributed by atoms with van der Waals surface area (Å²) in [6, 6.07) is 13.9. The first-order valence-corrected chi connectivity index (χ1v) is 11.5. The average Bonchev–Trinajstić information content (AvgIpc) is 2.79. The van der Waals surface area contributed by atoms with Crippen LogP contribution in [0.4, 0.5) is 0 Å². The topological polar surface area (TPSA) is 68.2 Å². The van der Waals surface area contributed by atoms with Crippen molar-refractivity contribution in [1.29, 1.82) is 0 Å². The third-order valence-electron chi connectivity index (χ3n) is 5.37. The van der Waals surface area contributed by atoms with Gasteiger partial charge in [-0.2, -0.15) is 0 Å². The molecule has 0 radical (unpaired) electrons. The number of phenolic OH excluding ortho intramolecular Hbond substituents is 1. The maximum absolute atomic E-state index is 10.2. The predicted octanol–water partition coefficient (Wildman–Crippen LogP) is 5.33. The summed E-state index contributed by atoms with van der Waals surface area (Å²) in [6.07, 6.45) is 5.69. The first-order valence-electron chi connectivity index (χ1n) is 10.5. The average molecular weight is 546 g/mol. The minimum Gasteiger partial charge on any atom is -0.504 e. The van der Waals surface area contributed by atoms with Gasteiger partial charge in [0.25, 0.3) is 0 Å². The molecule has 1 unspecified atom stereocenters. The van der Waals surface area contributed by atoms with Crippen molar-refractivity contribution >= 4 is 41.4 Å². The van der Waals surface area contributed by atoms with Crippen LogP contribution < -0.4 is 4.74 Å². The van der Waals surface area contributed by atoms with Crippen LogP contribution in [0.1, 0.15) is 24.0 Å². The highest BCUT2D eigenvalue weighted by Crippen LogP contribution is 2.35. The minimum atomic E-state index is -0.814. The van der Waals surface area contributed by atoms with Crippen LogP contribution in [0.25, 0.3) is 11.6 Å². The number of ether oxygens (including phenoxy) is 2. The van der Waals surface area contributed by atoms with Crippen LogP contribution in [-0.4, -0.2) is 44.2 Å². The Kier molecular flexibility index (Phi) is 8.98. The summed E-state index contributed by atoms with van der Waals surface area (Å²) in [4.78, 5) is 0. The molecule has 7 heteroatoms. The lowest BCUT2D eigenvalue weighted by atomic mass is 9.78. The van der Waals surface area contributed by atoms with E-state index >= 15 is 0 Å². The SMILES string of the molecule is C=C(COC)C1=CCB(O)OC1CC/C(=C/c1cc(I)c(O)c(OC)c1)c1ccccc1. The molecule has 0 aliphatic carbocycles. The normalized spacial score (nSPS) is 16.6. The number of hydrogen-bond donors (Lipinski definition) is 2. The number of hydrogen-bond acceptors (Lipinski definition) is 5. The van der Waals surface area contributed by atoms with E-state index < -0.39 is 7.12 Å². The summed E-state index contributed by atoms with van der Waals surface area (Å²) in [5, 5.41) is 20.2. The van der Waals surface area contributed by atoms with E-state index in [1.165, 1.54) is 0 Å². The Balaban J connectivity index is 1.90. The lowest BCUT2D eigenvalue weighted by Gasteiger charge is -2.28. The maximum Gasteiger partial charge on any atom is 0.458 e. The Bertz CT molecular complexity index is 1000. The lowest BCUT2D eigenvalue weighted by molar-refractivity contribution is 0.177. The fourth-order valence-corrected chi connectivity index (χ4v) is 4.43. The number of rotatable bonds is 9. The summed E-state index contributed by atoms with van der Waals surface area (Å²) < 4.78 is 17.2. The lowest BCUT2D eigenvalue weighted by Crippen LogP contribution is -2.32. The van der Waals surface area contributed by atoms with Crippen molar-refractivity contribution in [3.63, 3.8) is 0 Å². The standard InChI is InChI=1S/C25H28BIO5/c1-17(16-30-2)21-11-12-26(29)32-23(21)10-9-20(19-7-5-4-6-8-19)13-18-14-22(27)25(28)24(15-18)31-3/h4-8,11,13-15,23,28-29H,1,9-10,12,16H2,2-3H3/b20-13-. The monoisotopic (exact) mass is 546 g/mol. The van der Waals surface area contributed by atoms with Gasteiger partial charge in [0.2, 0.25) is 0 Å². The van der Waals surface area contributed by atoms with Gasteiger partial charge >= 0.3 is 7.12 Å². The zero-order valence-corrected chi connectivity index (χ0v) is 20.5. The van der Waals surface area contributed by atoms with Gasteiger partial charge in [0.15, 0.2) is 11.5 Å². The first-order chi connectivity index (χ1) is 15.4. The summed E-state index contributed by atoms with van der Waals surface area (Å²) in [7, 11) is 2.37. The number of aromatic hydroxyl groups is 1. The molecule has 1 atom stereocenters. The largest absolute Gasteiger partial charge is 0.504 e. The van der Waals surface area contributed by atoms with E-state index in [0.29, 0.717) is 25.1 Å². The molecular formula is C25H28BIO5. The van der Waals surface area contributed by atoms with Crippen molar-refractivity contribution in [2.24, 2.45) is 0 Å². The van der Waals surface area contributed by atoms with Crippen LogP contribution in [-0.2, 0) is 9.39 Å². The Labute approximate surface area is 203 Å². The van der Waals surface area contributed by atoms with Gasteiger partial charge in [-0.3, -0.25) is 0 Å². The summed E-state index contributed by atoms with van der Waals surface area (Å²) in [5.41, 5.74) is 5.02. The second-order valence-electron chi connectivity index (χ2n) is 7.64. The van der Waals surface area contributed by atoms with Crippen LogP contribution >= 0.6 is 22.6 Å². The molecule has 3 rings (SSSR count). The molecule has 168 valence electrons. The van der Waals surface area contributed by atoms with E-state index in [-0.39, 0.29) is 11.9 Å². The zero-order chi connectivity index (χ0) is 23.1. The molecule has 0 spiro atoms. The van der Waals surface area contributed by atoms with Gasteiger partial charge in [0, 0.05) is 13.4 Å². The van der Waals surface area contributed by atoms with E-state index in [4.69, 9.17) is 14.1 Å². The number of methoxy groups -OCH3 is 2. The molecule has 2 aromatic rings. The van der Waals surface area contributed by atoms with Crippen molar-refractivity contribution < 1.29 is 24.3 Å². The summed E-state index contributed by atoms with van der Waals surface area (Å²) in [5.74, 6) is 0.581. The molecule has 1 heterocycles. The van der Waals surface area contributed by atoms with E-state index in [1.807, 2.05) is 36.4 Å². The second-order valence-corrected chi connectivity index (χ2v) is 8.80. The molecule has 32 heavy (non-hydrogen) atoms. The van der Waals surface area contributed by atoms with Gasteiger partial charge < -0.3 is 24.3 Å². The van der Waals surface area contributed by atoms with Gasteiger partial charge in [-0.25, -0.2) is 0 Å². The molecule has 0 bridgehead atoms. The van der Waals surface area contributed by atoms with Gasteiger partial charge in [-0.1, -0.05) is 49.1 Å². The highest BCUT2D eigenvalue weighted by Gasteiger charge is 2.28. The second kappa shape index (κ2) is 11.7. The van der Waals surface area contributed by atoms with E-state index in [0.717, 1.165) is 37.8 Å². The van der Waals surface area contributed by atoms with Crippen LogP contribution in [0.5, 0.6) is 11.5 Å². The Morgan fingerprint density at radius 1 is 1.28 bits per heavy atom. The van der Waals surface area contributed by atoms with Gasteiger partial charge in [0.05, 0.1) is 23.4 Å². The molecule has 1 aliphatic heterocycles. The number of halogens is 1. The number of allylic oxidation sites excluding steroid dienone is 2. The number of benzene rings is 2. The predicted molar refractivity (Wildman–Crippen MR) is 138 cm³/mol. The minimum absolute atomic E-state index is 0.141. The van der Waals surface area contributed by atoms with Crippen molar-refractivity contribution in [3.8, 4) is 11.5 Å². The van der Waals surface area contributed by atoms with Crippen LogP contribution in [0.3, 0.4) is 0 Å². The third-order valence-corrected chi connectivity index (χ3v) is 6.19. The molecule has 1 aliphatic rings. The highest BCUT2D eigenvalue weighted by atomic mass is 127. The maximum atomic E-state index is 10.2. The summed E-state index contributed by atoms with van der Waals surface area (Å²) >= 11 is 2.10. The summed E-state index contributed by atoms with van der Waals surface area (Å²) in [6.45, 7) is 4.55. The van der Waals surface area contributed by atoms with Gasteiger partial charge in [-0.15, -0.1) is 0 Å². The zero-order valence-electron chi connectivity index (χ0n) is 18.4. The van der Waals surface area contributed by atoms with E-state index in [1.54, 1.807) is 14.2 Å². The molecule has 0 aromatic heterocycles. The van der Waals surface area contributed by atoms with Crippen LogP contribution in [0, 0.1) is 3.57 Å². The van der Waals surface area contributed by atoms with E-state index in [2.05, 4.69) is 47.4 Å². The Morgan fingerprint density at radius 2 is 2.03 bits per heavy atom. The molecule has 2 aromatic carbocycles.